The van der Waals surface area contributed by atoms with Crippen LogP contribution in [0.15, 0.2) is 18.2 Å². The molecule has 178 valence electrons. The molecular formula is C25H35F3N2O2. The highest BCUT2D eigenvalue weighted by molar-refractivity contribution is 5.84. The molecule has 4 nitrogen and oxygen atoms in total. The van der Waals surface area contributed by atoms with Crippen molar-refractivity contribution in [3.05, 3.63) is 34.9 Å². The van der Waals surface area contributed by atoms with Gasteiger partial charge in [0.15, 0.2) is 0 Å². The number of amides is 1. The first-order valence-electron chi connectivity index (χ1n) is 11.9. The summed E-state index contributed by atoms with van der Waals surface area (Å²) in [5, 5.41) is 3.80. The smallest absolute Gasteiger partial charge is 0.381 e. The average Bonchev–Trinajstić information content (AvgIpc) is 3.19. The molecule has 0 radical (unpaired) electrons. The fourth-order valence-corrected chi connectivity index (χ4v) is 5.84. The van der Waals surface area contributed by atoms with E-state index >= 15 is 0 Å². The molecule has 0 aromatic heterocycles. The van der Waals surface area contributed by atoms with Gasteiger partial charge in [-0.25, -0.2) is 0 Å². The summed E-state index contributed by atoms with van der Waals surface area (Å²) in [5.41, 5.74) is 0.451. The van der Waals surface area contributed by atoms with Crippen LogP contribution in [-0.2, 0) is 28.7 Å². The van der Waals surface area contributed by atoms with Gasteiger partial charge in [0.1, 0.15) is 0 Å². The Bertz CT molecular complexity index is 841. The molecule has 1 aromatic carbocycles. The highest BCUT2D eigenvalue weighted by Crippen LogP contribution is 2.47. The predicted octanol–water partition coefficient (Wildman–Crippen LogP) is 4.80. The predicted molar refractivity (Wildman–Crippen MR) is 117 cm³/mol. The van der Waals surface area contributed by atoms with E-state index in [0.717, 1.165) is 50.5 Å². The van der Waals surface area contributed by atoms with Gasteiger partial charge >= 0.3 is 6.18 Å². The van der Waals surface area contributed by atoms with E-state index in [2.05, 4.69) is 26.1 Å². The average molecular weight is 453 g/mol. The first-order valence-corrected chi connectivity index (χ1v) is 11.9. The summed E-state index contributed by atoms with van der Waals surface area (Å²) < 4.78 is 45.1. The largest absolute Gasteiger partial charge is 0.416 e. The lowest BCUT2D eigenvalue weighted by Crippen LogP contribution is -2.49. The van der Waals surface area contributed by atoms with Crippen LogP contribution in [0.4, 0.5) is 13.2 Å². The number of fused-ring (bicyclic) bond motifs is 1. The number of hydrogen-bond acceptors (Lipinski definition) is 3. The van der Waals surface area contributed by atoms with E-state index in [0.29, 0.717) is 36.5 Å². The Morgan fingerprint density at radius 1 is 1.25 bits per heavy atom. The molecule has 4 atom stereocenters. The summed E-state index contributed by atoms with van der Waals surface area (Å²) in [6, 6.07) is 4.65. The van der Waals surface area contributed by atoms with Gasteiger partial charge in [0, 0.05) is 31.8 Å². The molecule has 1 N–H and O–H groups in total. The lowest BCUT2D eigenvalue weighted by molar-refractivity contribution is -0.145. The molecule has 2 aliphatic heterocycles. The zero-order valence-electron chi connectivity index (χ0n) is 19.3. The van der Waals surface area contributed by atoms with E-state index < -0.39 is 17.2 Å². The molecule has 1 saturated carbocycles. The topological polar surface area (TPSA) is 41.6 Å². The van der Waals surface area contributed by atoms with E-state index in [4.69, 9.17) is 4.74 Å². The van der Waals surface area contributed by atoms with Crippen molar-refractivity contribution in [1.82, 2.24) is 10.2 Å². The zero-order chi connectivity index (χ0) is 23.1. The normalized spacial score (nSPS) is 31.1. The number of rotatable bonds is 4. The van der Waals surface area contributed by atoms with Gasteiger partial charge in [-0.3, -0.25) is 4.79 Å². The van der Waals surface area contributed by atoms with Gasteiger partial charge in [-0.15, -0.1) is 0 Å². The minimum Gasteiger partial charge on any atom is -0.381 e. The molecule has 1 aromatic rings. The Morgan fingerprint density at radius 3 is 2.72 bits per heavy atom. The van der Waals surface area contributed by atoms with Gasteiger partial charge < -0.3 is 15.0 Å². The summed E-state index contributed by atoms with van der Waals surface area (Å²) >= 11 is 0. The van der Waals surface area contributed by atoms with Crippen molar-refractivity contribution < 1.29 is 22.7 Å². The lowest BCUT2D eigenvalue weighted by Gasteiger charge is -2.40. The summed E-state index contributed by atoms with van der Waals surface area (Å²) in [4.78, 5) is 15.6. The monoisotopic (exact) mass is 452 g/mol. The third-order valence-corrected chi connectivity index (χ3v) is 8.00. The number of ether oxygens (including phenoxy) is 1. The van der Waals surface area contributed by atoms with Gasteiger partial charge in [-0.05, 0) is 67.2 Å². The number of halogens is 3. The highest BCUT2D eigenvalue weighted by Gasteiger charge is 2.50. The number of hydrogen-bond donors (Lipinski definition) is 1. The Hall–Kier alpha value is -1.60. The second kappa shape index (κ2) is 8.98. The molecule has 2 heterocycles. The molecule has 32 heavy (non-hydrogen) atoms. The maximum Gasteiger partial charge on any atom is 0.416 e. The Labute approximate surface area is 188 Å². The van der Waals surface area contributed by atoms with Crippen LogP contribution in [0.2, 0.25) is 0 Å². The second-order valence-electron chi connectivity index (χ2n) is 10.3. The van der Waals surface area contributed by atoms with Crippen LogP contribution >= 0.6 is 0 Å². The first kappa shape index (κ1) is 23.6. The fraction of sp³-hybridized carbons (Fsp3) is 0.720. The highest BCUT2D eigenvalue weighted by atomic mass is 19.4. The Kier molecular flexibility index (Phi) is 6.61. The fourth-order valence-electron chi connectivity index (χ4n) is 5.84. The van der Waals surface area contributed by atoms with Crippen LogP contribution in [-0.4, -0.2) is 42.6 Å². The van der Waals surface area contributed by atoms with Gasteiger partial charge in [0.2, 0.25) is 5.91 Å². The van der Waals surface area contributed by atoms with Gasteiger partial charge in [-0.1, -0.05) is 26.8 Å². The third kappa shape index (κ3) is 4.56. The number of carbonyl (C=O) groups is 1. The van der Waals surface area contributed by atoms with Crippen molar-refractivity contribution in [3.8, 4) is 0 Å². The lowest BCUT2D eigenvalue weighted by atomic mass is 9.73. The number of nitrogens with one attached hydrogen (secondary N) is 1. The van der Waals surface area contributed by atoms with E-state index in [-0.39, 0.29) is 18.4 Å². The van der Waals surface area contributed by atoms with Crippen LogP contribution in [0.5, 0.6) is 0 Å². The summed E-state index contributed by atoms with van der Waals surface area (Å²) in [6.45, 7) is 8.80. The van der Waals surface area contributed by atoms with Crippen LogP contribution in [0.1, 0.15) is 63.1 Å². The summed E-state index contributed by atoms with van der Waals surface area (Å²) in [7, 11) is 0. The molecule has 4 rings (SSSR count). The van der Waals surface area contributed by atoms with Crippen molar-refractivity contribution in [2.24, 2.45) is 17.3 Å². The SMILES string of the molecule is CC(C)[C@]1(C(=O)N2CCc3ccc(C(F)(F)F)cc3C2)CC[C@@H](N[C@H]2CCOC[C@H]2C)C1. The van der Waals surface area contributed by atoms with Gasteiger partial charge in [-0.2, -0.15) is 13.2 Å². The minimum atomic E-state index is -4.37. The second-order valence-corrected chi connectivity index (χ2v) is 10.3. The number of benzene rings is 1. The minimum absolute atomic E-state index is 0.111. The summed E-state index contributed by atoms with van der Waals surface area (Å²) in [5.74, 6) is 0.742. The molecule has 3 aliphatic rings. The number of alkyl halides is 3. The Balaban J connectivity index is 1.48. The molecule has 1 saturated heterocycles. The molecular weight excluding hydrogens is 417 g/mol. The van der Waals surface area contributed by atoms with Crippen molar-refractivity contribution in [3.63, 3.8) is 0 Å². The quantitative estimate of drug-likeness (QED) is 0.714. The molecule has 7 heteroatoms. The molecule has 1 amide bonds. The van der Waals surface area contributed by atoms with Crippen molar-refractivity contribution in [1.29, 1.82) is 0 Å². The van der Waals surface area contributed by atoms with Crippen LogP contribution < -0.4 is 5.32 Å². The summed E-state index contributed by atoms with van der Waals surface area (Å²) in [6.07, 6.45) is -0.202. The maximum atomic E-state index is 13.8. The van der Waals surface area contributed by atoms with Gasteiger partial charge in [0.25, 0.3) is 0 Å². The molecule has 1 aliphatic carbocycles. The van der Waals surface area contributed by atoms with E-state index in [1.165, 1.54) is 6.07 Å². The molecule has 2 fully saturated rings. The molecule has 0 spiro atoms. The van der Waals surface area contributed by atoms with E-state index in [9.17, 15) is 18.0 Å². The maximum absolute atomic E-state index is 13.8. The molecule has 0 unspecified atom stereocenters. The number of nitrogens with zero attached hydrogens (tertiary/aromatic N) is 1. The standard InChI is InChI=1S/C25H35F3N2O2/c1-16(2)24(9-6-21(13-24)29-22-8-11-32-15-17(22)3)23(31)30-10-7-18-4-5-20(25(26,27)28)12-19(18)14-30/h4-5,12,16-17,21-22,29H,6-11,13-15H2,1-3H3/t17-,21-,22+,24+/m1/s1. The third-order valence-electron chi connectivity index (χ3n) is 8.00. The van der Waals surface area contributed by atoms with E-state index in [1.807, 2.05) is 4.90 Å². The van der Waals surface area contributed by atoms with Crippen LogP contribution in [0, 0.1) is 17.3 Å². The number of carbonyl (C=O) groups excluding carboxylic acids is 1. The van der Waals surface area contributed by atoms with Crippen molar-refractivity contribution in [2.45, 2.75) is 77.7 Å². The Morgan fingerprint density at radius 2 is 2.03 bits per heavy atom. The zero-order valence-corrected chi connectivity index (χ0v) is 19.3. The van der Waals surface area contributed by atoms with Gasteiger partial charge in [0.05, 0.1) is 17.6 Å². The van der Waals surface area contributed by atoms with E-state index in [1.54, 1.807) is 6.07 Å². The van der Waals surface area contributed by atoms with Crippen molar-refractivity contribution >= 4 is 5.91 Å². The van der Waals surface area contributed by atoms with Crippen molar-refractivity contribution in [2.75, 3.05) is 19.8 Å². The molecule has 0 bridgehead atoms. The van der Waals surface area contributed by atoms with Crippen LogP contribution in [0.3, 0.4) is 0 Å². The van der Waals surface area contributed by atoms with Crippen LogP contribution in [0.25, 0.3) is 0 Å². The first-order chi connectivity index (χ1) is 15.1.